The summed E-state index contributed by atoms with van der Waals surface area (Å²) < 4.78 is 27.7. The van der Waals surface area contributed by atoms with Crippen molar-refractivity contribution >= 4 is 69.8 Å². The highest BCUT2D eigenvalue weighted by atomic mass is 19.1. The number of aromatic nitrogens is 2. The molecule has 23 heteroatoms. The molecule has 3 aliphatic heterocycles. The zero-order chi connectivity index (χ0) is 56.3. The van der Waals surface area contributed by atoms with Crippen LogP contribution in [-0.4, -0.2) is 107 Å². The molecule has 0 spiro atoms. The lowest BCUT2D eigenvalue weighted by Gasteiger charge is -2.38. The lowest BCUT2D eigenvalue weighted by Crippen LogP contribution is -2.52. The predicted octanol–water partition coefficient (Wildman–Crippen LogP) is 1.03. The van der Waals surface area contributed by atoms with Gasteiger partial charge in [0.05, 0.1) is 59.9 Å². The van der Waals surface area contributed by atoms with Gasteiger partial charge in [-0.15, -0.1) is 0 Å². The third-order valence-electron chi connectivity index (χ3n) is 14.6. The summed E-state index contributed by atoms with van der Waals surface area (Å²) in [5.74, 6) is -6.05. The van der Waals surface area contributed by atoms with Crippen LogP contribution in [0, 0.1) is 12.7 Å². The number of amides is 8. The van der Waals surface area contributed by atoms with Gasteiger partial charge in [0.15, 0.2) is 5.60 Å². The highest BCUT2D eigenvalue weighted by Gasteiger charge is 2.47. The highest BCUT2D eigenvalue weighted by Crippen LogP contribution is 2.48. The Morgan fingerprint density at radius 3 is 2.23 bits per heavy atom. The number of carbonyl (C=O) groups is 9. The molecule has 79 heavy (non-hydrogen) atoms. The molecule has 5 heterocycles. The van der Waals surface area contributed by atoms with E-state index in [1.165, 1.54) is 22.8 Å². The first-order chi connectivity index (χ1) is 37.8. The van der Waals surface area contributed by atoms with Gasteiger partial charge in [-0.1, -0.05) is 49.4 Å². The molecule has 3 aromatic carbocycles. The fourth-order valence-corrected chi connectivity index (χ4v) is 10.4. The number of aryl methyl sites for hydroxylation is 2. The number of rotatable bonds is 20. The van der Waals surface area contributed by atoms with Gasteiger partial charge in [0, 0.05) is 47.6 Å². The number of anilines is 1. The number of benzene rings is 3. The molecule has 0 fully saturated rings. The van der Waals surface area contributed by atoms with Crippen LogP contribution in [0.25, 0.3) is 22.3 Å². The molecule has 2 aromatic heterocycles. The van der Waals surface area contributed by atoms with Gasteiger partial charge < -0.3 is 51.0 Å². The molecule has 22 nitrogen and oxygen atoms in total. The number of aliphatic hydroxyl groups is 1. The van der Waals surface area contributed by atoms with Crippen molar-refractivity contribution in [2.24, 2.45) is 0 Å². The van der Waals surface area contributed by atoms with Crippen molar-refractivity contribution < 1.29 is 62.1 Å². The van der Waals surface area contributed by atoms with E-state index in [2.05, 4.69) is 31.9 Å². The van der Waals surface area contributed by atoms with E-state index in [-0.39, 0.29) is 43.5 Å². The molecule has 1 aliphatic carbocycles. The van der Waals surface area contributed by atoms with Crippen LogP contribution >= 0.6 is 0 Å². The van der Waals surface area contributed by atoms with Crippen LogP contribution in [0.1, 0.15) is 77.6 Å². The van der Waals surface area contributed by atoms with Crippen molar-refractivity contribution in [1.82, 2.24) is 41.5 Å². The fraction of sp³-hybridized carbons (Fsp3) is 0.339. The number of fused-ring (bicyclic) bond motifs is 5. The number of pyridine rings is 2. The number of hydrogen-bond acceptors (Lipinski definition) is 14. The Kier molecular flexibility index (Phi) is 15.7. The number of ether oxygens (including phenoxy) is 2. The molecule has 0 saturated heterocycles. The summed E-state index contributed by atoms with van der Waals surface area (Å²) in [6.07, 6.45) is 3.36. The molecule has 410 valence electrons. The molecule has 0 unspecified atom stereocenters. The van der Waals surface area contributed by atoms with Crippen LogP contribution in [0.2, 0.25) is 0 Å². The molecule has 4 aliphatic rings. The second-order valence-corrected chi connectivity index (χ2v) is 19.8. The maximum Gasteiger partial charge on any atom is 0.343 e. The molecule has 0 bridgehead atoms. The lowest BCUT2D eigenvalue weighted by atomic mass is 9.74. The van der Waals surface area contributed by atoms with Crippen molar-refractivity contribution in [3.05, 3.63) is 140 Å². The quantitative estimate of drug-likeness (QED) is 0.0243. The van der Waals surface area contributed by atoms with Gasteiger partial charge in [0.2, 0.25) is 35.4 Å². The number of esters is 1. The topological polar surface area (TPSA) is 303 Å². The molecule has 0 radical (unpaired) electrons. The average molecular weight is 1080 g/mol. The van der Waals surface area contributed by atoms with Crippen LogP contribution in [0.15, 0.2) is 83.7 Å². The number of halogens is 1. The molecule has 0 saturated carbocycles. The Labute approximate surface area is 450 Å². The number of hydrogen-bond donors (Lipinski definition) is 7. The molecule has 3 atom stereocenters. The van der Waals surface area contributed by atoms with E-state index in [1.807, 2.05) is 6.92 Å². The van der Waals surface area contributed by atoms with Gasteiger partial charge in [-0.2, -0.15) is 0 Å². The number of cyclic esters (lactones) is 1. The van der Waals surface area contributed by atoms with Crippen LogP contribution in [-0.2, 0) is 96.2 Å². The minimum absolute atomic E-state index is 0.0242. The summed E-state index contributed by atoms with van der Waals surface area (Å²) >= 11 is 0. The Balaban J connectivity index is 0.753. The summed E-state index contributed by atoms with van der Waals surface area (Å²) in [6, 6.07) is 17.0. The third-order valence-corrected chi connectivity index (χ3v) is 14.6. The Morgan fingerprint density at radius 1 is 0.823 bits per heavy atom. The minimum atomic E-state index is -2.06. The van der Waals surface area contributed by atoms with Crippen LogP contribution in [0.3, 0.4) is 0 Å². The molecular formula is C56H56FN9O13. The van der Waals surface area contributed by atoms with Gasteiger partial charge in [0.25, 0.3) is 17.4 Å². The molecule has 8 amide bonds. The number of carbonyl (C=O) groups excluding carboxylic acids is 9. The maximum atomic E-state index is 15.5. The summed E-state index contributed by atoms with van der Waals surface area (Å²) in [7, 11) is 0. The van der Waals surface area contributed by atoms with Crippen molar-refractivity contribution in [3.8, 4) is 11.4 Å². The van der Waals surface area contributed by atoms with Crippen molar-refractivity contribution in [3.63, 3.8) is 0 Å². The number of nitrogens with zero attached hydrogens (tertiary/aromatic N) is 3. The number of imide groups is 1. The fourth-order valence-electron chi connectivity index (χ4n) is 10.4. The Morgan fingerprint density at radius 2 is 1.51 bits per heavy atom. The molecule has 9 rings (SSSR count). The van der Waals surface area contributed by atoms with Gasteiger partial charge in [-0.25, -0.2) is 19.1 Å². The average Bonchev–Trinajstić information content (AvgIpc) is 4.18. The van der Waals surface area contributed by atoms with Gasteiger partial charge >= 0.3 is 5.97 Å². The van der Waals surface area contributed by atoms with E-state index in [1.54, 1.807) is 74.5 Å². The summed E-state index contributed by atoms with van der Waals surface area (Å²) in [5.41, 5.74) is 1.78. The monoisotopic (exact) mass is 1080 g/mol. The summed E-state index contributed by atoms with van der Waals surface area (Å²) in [5, 5.41) is 27.5. The normalized spacial score (nSPS) is 18.0. The molecule has 5 aromatic rings. The largest absolute Gasteiger partial charge is 0.458 e. The van der Waals surface area contributed by atoms with E-state index in [0.717, 1.165) is 10.5 Å². The van der Waals surface area contributed by atoms with Crippen molar-refractivity contribution in [2.75, 3.05) is 37.9 Å². The van der Waals surface area contributed by atoms with E-state index in [9.17, 15) is 53.1 Å². The molecule has 7 N–H and O–H groups in total. The second kappa shape index (κ2) is 22.6. The van der Waals surface area contributed by atoms with Gasteiger partial charge in [-0.3, -0.25) is 43.2 Å². The van der Waals surface area contributed by atoms with E-state index in [4.69, 9.17) is 14.5 Å². The Hall–Kier alpha value is -8.96. The van der Waals surface area contributed by atoms with Crippen LogP contribution in [0.4, 0.5) is 10.1 Å². The Bertz CT molecular complexity index is 3460. The summed E-state index contributed by atoms with van der Waals surface area (Å²) in [6.45, 7) is 2.35. The first-order valence-electron chi connectivity index (χ1n) is 25.6. The second-order valence-electron chi connectivity index (χ2n) is 19.8. The highest BCUT2D eigenvalue weighted by molar-refractivity contribution is 6.28. The molecular weight excluding hydrogens is 1030 g/mol. The third kappa shape index (κ3) is 11.3. The lowest BCUT2D eigenvalue weighted by molar-refractivity contribution is -0.172. The summed E-state index contributed by atoms with van der Waals surface area (Å²) in [4.78, 5) is 135. The van der Waals surface area contributed by atoms with Crippen molar-refractivity contribution in [2.45, 2.75) is 89.6 Å². The first-order valence-corrected chi connectivity index (χ1v) is 25.6. The maximum absolute atomic E-state index is 15.5. The minimum Gasteiger partial charge on any atom is -0.458 e. The van der Waals surface area contributed by atoms with E-state index >= 15 is 4.39 Å². The first kappa shape index (κ1) is 54.8. The van der Waals surface area contributed by atoms with E-state index in [0.29, 0.717) is 75.1 Å². The zero-order valence-corrected chi connectivity index (χ0v) is 43.3. The van der Waals surface area contributed by atoms with Crippen LogP contribution < -0.4 is 42.4 Å². The number of nitrogens with one attached hydrogen (secondary N) is 6. The SMILES string of the molecule is CC[C@@]1(O)C(=O)OCc2c1cc1n(c2=O)Cc2c-1nc1cc(F)c(C)c3c1c2[C@@](C)(NC(=O)COCNC(=O)CNC(=O)[C@H](Cc1ccccc1)NC(=O)CNC(=O)CNC(=O)CCc1ccc(N2C(=O)C=CC2=O)cc1)CC3. The zero-order valence-electron chi connectivity index (χ0n) is 43.3. The predicted molar refractivity (Wildman–Crippen MR) is 279 cm³/mol. The van der Waals surface area contributed by atoms with E-state index < -0.39 is 115 Å². The van der Waals surface area contributed by atoms with Gasteiger partial charge in [-0.05, 0) is 85.5 Å². The smallest absolute Gasteiger partial charge is 0.343 e. The van der Waals surface area contributed by atoms with Gasteiger partial charge in [0.1, 0.15) is 31.8 Å². The van der Waals surface area contributed by atoms with Crippen molar-refractivity contribution in [1.29, 1.82) is 0 Å². The standard InChI is InChI=1S/C56H56FN9O13/c1-4-56(77)37-21-41-51-35(26-65(41)53(75)36(37)27-79-54(56)76)50-49-34(30(2)38(57)22-39(49)63-51)18-19-55(50,3)64-46(71)28-78-29-61-44(69)24-60-52(74)40(20-32-8-6-5-7-9-32)62-45(70)25-59-43(68)23-58-42(67)15-12-31-10-13-33(14-11-31)66-47(72)16-17-48(66)73/h5-11,13-14,16-17,21-22,40,77H,4,12,15,18-20,23-29H2,1-3H3,(H,58,67)(H,59,68)(H,60,74)(H,61,69)(H,62,70)(H,64,71)/t40-,55-,56-/m0/s1. The van der Waals surface area contributed by atoms with Crippen LogP contribution in [0.5, 0.6) is 0 Å².